The van der Waals surface area contributed by atoms with Gasteiger partial charge in [0.1, 0.15) is 17.7 Å². The lowest BCUT2D eigenvalue weighted by Gasteiger charge is -2.09. The average Bonchev–Trinajstić information content (AvgIpc) is 2.27. The normalized spacial score (nSPS) is 8.50. The smallest absolute Gasteiger partial charge is 0.147 e. The molecule has 0 heterocycles. The van der Waals surface area contributed by atoms with Gasteiger partial charge in [-0.05, 0) is 25.5 Å². The van der Waals surface area contributed by atoms with E-state index >= 15 is 0 Å². The molecular formula is C12H12N4. The molecule has 0 aliphatic heterocycles. The second kappa shape index (κ2) is 5.43. The maximum absolute atomic E-state index is 8.51. The summed E-state index contributed by atoms with van der Waals surface area (Å²) in [5, 5.41) is 17.0. The number of nitrogens with zero attached hydrogens (tertiary/aromatic N) is 2. The molecule has 80 valence electrons. The van der Waals surface area contributed by atoms with Crippen LogP contribution >= 0.6 is 0 Å². The van der Waals surface area contributed by atoms with Gasteiger partial charge in [-0.2, -0.15) is 10.5 Å². The Kier molecular flexibility index (Phi) is 3.94. The molecule has 0 aliphatic carbocycles. The summed E-state index contributed by atoms with van der Waals surface area (Å²) in [5.41, 5.74) is 8.84. The third-order valence-electron chi connectivity index (χ3n) is 2.05. The first kappa shape index (κ1) is 11.6. The van der Waals surface area contributed by atoms with Crippen LogP contribution in [0.25, 0.3) is 0 Å². The Morgan fingerprint density at radius 1 is 1.25 bits per heavy atom. The third-order valence-corrected chi connectivity index (χ3v) is 2.05. The van der Waals surface area contributed by atoms with Crippen LogP contribution in [0.1, 0.15) is 11.1 Å². The molecule has 0 atom stereocenters. The van der Waals surface area contributed by atoms with E-state index in [-0.39, 0.29) is 5.57 Å². The Hall–Kier alpha value is -2.46. The maximum Gasteiger partial charge on any atom is 0.147 e. The molecule has 0 fully saturated rings. The van der Waals surface area contributed by atoms with Gasteiger partial charge in [0.05, 0.1) is 5.69 Å². The van der Waals surface area contributed by atoms with Crippen LogP contribution < -0.4 is 10.9 Å². The van der Waals surface area contributed by atoms with Crippen LogP contribution in [-0.4, -0.2) is 0 Å². The van der Waals surface area contributed by atoms with Gasteiger partial charge in [0.15, 0.2) is 0 Å². The summed E-state index contributed by atoms with van der Waals surface area (Å²) in [6.07, 6.45) is 1.33. The second-order valence-electron chi connectivity index (χ2n) is 3.37. The predicted molar refractivity (Wildman–Crippen MR) is 62.0 cm³/mol. The number of hydrogen-bond donors (Lipinski definition) is 2. The molecule has 4 heteroatoms. The molecular weight excluding hydrogens is 200 g/mol. The molecule has 16 heavy (non-hydrogen) atoms. The molecule has 0 bridgehead atoms. The fraction of sp³-hybridized carbons (Fsp3) is 0.167. The lowest BCUT2D eigenvalue weighted by molar-refractivity contribution is 1.04. The zero-order valence-corrected chi connectivity index (χ0v) is 9.20. The Bertz CT molecular complexity index is 473. The SMILES string of the molecule is Cc1ccc(NNC=C(C#N)C#N)c(C)c1. The summed E-state index contributed by atoms with van der Waals surface area (Å²) in [5.74, 6) is 0. The number of nitriles is 2. The summed E-state index contributed by atoms with van der Waals surface area (Å²) in [4.78, 5) is 0. The van der Waals surface area contributed by atoms with Gasteiger partial charge < -0.3 is 10.9 Å². The fourth-order valence-electron chi connectivity index (χ4n) is 1.23. The largest absolute Gasteiger partial charge is 0.306 e. The summed E-state index contributed by atoms with van der Waals surface area (Å²) in [7, 11) is 0. The van der Waals surface area contributed by atoms with Crippen molar-refractivity contribution in [3.8, 4) is 12.1 Å². The van der Waals surface area contributed by atoms with Crippen molar-refractivity contribution in [3.63, 3.8) is 0 Å². The lowest BCUT2D eigenvalue weighted by Crippen LogP contribution is -2.15. The van der Waals surface area contributed by atoms with Crippen molar-refractivity contribution in [1.82, 2.24) is 5.43 Å². The van der Waals surface area contributed by atoms with E-state index in [1.807, 2.05) is 32.0 Å². The van der Waals surface area contributed by atoms with E-state index in [1.165, 1.54) is 11.8 Å². The van der Waals surface area contributed by atoms with Gasteiger partial charge in [-0.25, -0.2) is 0 Å². The van der Waals surface area contributed by atoms with Crippen LogP contribution in [0.2, 0.25) is 0 Å². The van der Waals surface area contributed by atoms with Gasteiger partial charge in [0, 0.05) is 6.20 Å². The lowest BCUT2D eigenvalue weighted by atomic mass is 10.1. The molecule has 1 rings (SSSR count). The van der Waals surface area contributed by atoms with Gasteiger partial charge in [-0.1, -0.05) is 17.7 Å². The Morgan fingerprint density at radius 3 is 2.50 bits per heavy atom. The minimum atomic E-state index is 0.0252. The first-order valence-corrected chi connectivity index (χ1v) is 4.76. The predicted octanol–water partition coefficient (Wildman–Crippen LogP) is 2.15. The van der Waals surface area contributed by atoms with E-state index in [2.05, 4.69) is 10.9 Å². The summed E-state index contributed by atoms with van der Waals surface area (Å²) in [6, 6.07) is 9.48. The van der Waals surface area contributed by atoms with Gasteiger partial charge in [0.2, 0.25) is 0 Å². The molecule has 0 aromatic heterocycles. The van der Waals surface area contributed by atoms with Gasteiger partial charge in [-0.3, -0.25) is 0 Å². The number of aryl methyl sites for hydroxylation is 2. The van der Waals surface area contributed by atoms with E-state index in [4.69, 9.17) is 10.5 Å². The maximum atomic E-state index is 8.51. The number of allylic oxidation sites excluding steroid dienone is 1. The molecule has 0 saturated carbocycles. The average molecular weight is 212 g/mol. The number of rotatable bonds is 3. The highest BCUT2D eigenvalue weighted by atomic mass is 15.3. The number of benzene rings is 1. The van der Waals surface area contributed by atoms with Crippen molar-refractivity contribution in [2.45, 2.75) is 13.8 Å². The van der Waals surface area contributed by atoms with E-state index in [1.54, 1.807) is 12.1 Å². The zero-order valence-electron chi connectivity index (χ0n) is 9.20. The van der Waals surface area contributed by atoms with E-state index < -0.39 is 0 Å². The molecule has 0 saturated heterocycles. The number of anilines is 1. The molecule has 1 aromatic rings. The molecule has 0 aliphatic rings. The molecule has 1 aromatic carbocycles. The standard InChI is InChI=1S/C12H12N4/c1-9-3-4-12(10(2)5-9)16-15-8-11(6-13)7-14/h3-5,8,15-16H,1-2H3. The van der Waals surface area contributed by atoms with Crippen molar-refractivity contribution in [2.75, 3.05) is 5.43 Å². The van der Waals surface area contributed by atoms with Crippen LogP contribution in [0.3, 0.4) is 0 Å². The van der Waals surface area contributed by atoms with Crippen LogP contribution in [0.4, 0.5) is 5.69 Å². The van der Waals surface area contributed by atoms with Crippen molar-refractivity contribution >= 4 is 5.69 Å². The highest BCUT2D eigenvalue weighted by molar-refractivity contribution is 5.51. The summed E-state index contributed by atoms with van der Waals surface area (Å²) >= 11 is 0. The topological polar surface area (TPSA) is 71.6 Å². The molecule has 0 spiro atoms. The van der Waals surface area contributed by atoms with Crippen LogP contribution in [0.15, 0.2) is 30.0 Å². The zero-order chi connectivity index (χ0) is 12.0. The van der Waals surface area contributed by atoms with E-state index in [0.29, 0.717) is 0 Å². The van der Waals surface area contributed by atoms with Crippen molar-refractivity contribution in [3.05, 3.63) is 41.1 Å². The minimum Gasteiger partial charge on any atom is -0.306 e. The first-order valence-electron chi connectivity index (χ1n) is 4.76. The van der Waals surface area contributed by atoms with Crippen molar-refractivity contribution in [1.29, 1.82) is 10.5 Å². The molecule has 2 N–H and O–H groups in total. The third kappa shape index (κ3) is 3.04. The van der Waals surface area contributed by atoms with Crippen LogP contribution in [0, 0.1) is 36.5 Å². The van der Waals surface area contributed by atoms with E-state index in [9.17, 15) is 0 Å². The van der Waals surface area contributed by atoms with E-state index in [0.717, 1.165) is 11.3 Å². The van der Waals surface area contributed by atoms with Crippen LogP contribution in [-0.2, 0) is 0 Å². The molecule has 4 nitrogen and oxygen atoms in total. The number of nitrogens with one attached hydrogen (secondary N) is 2. The molecule has 0 radical (unpaired) electrons. The molecule has 0 unspecified atom stereocenters. The van der Waals surface area contributed by atoms with Crippen molar-refractivity contribution in [2.24, 2.45) is 0 Å². The second-order valence-corrected chi connectivity index (χ2v) is 3.37. The number of hydrazine groups is 1. The number of hydrogen-bond acceptors (Lipinski definition) is 4. The summed E-state index contributed by atoms with van der Waals surface area (Å²) < 4.78 is 0. The van der Waals surface area contributed by atoms with Crippen LogP contribution in [0.5, 0.6) is 0 Å². The fourth-order valence-corrected chi connectivity index (χ4v) is 1.23. The molecule has 0 amide bonds. The monoisotopic (exact) mass is 212 g/mol. The van der Waals surface area contributed by atoms with Gasteiger partial charge in [0.25, 0.3) is 0 Å². The highest BCUT2D eigenvalue weighted by Gasteiger charge is 1.96. The quantitative estimate of drug-likeness (QED) is 0.595. The highest BCUT2D eigenvalue weighted by Crippen LogP contribution is 2.14. The Morgan fingerprint density at radius 2 is 1.94 bits per heavy atom. The van der Waals surface area contributed by atoms with Crippen molar-refractivity contribution < 1.29 is 0 Å². The van der Waals surface area contributed by atoms with Gasteiger partial charge in [-0.15, -0.1) is 0 Å². The summed E-state index contributed by atoms with van der Waals surface area (Å²) in [6.45, 7) is 4.00. The van der Waals surface area contributed by atoms with Gasteiger partial charge >= 0.3 is 0 Å². The first-order chi connectivity index (χ1) is 7.67. The Labute approximate surface area is 94.8 Å². The Balaban J connectivity index is 2.67. The minimum absolute atomic E-state index is 0.0252.